The first-order valence-corrected chi connectivity index (χ1v) is 12.8. The Kier molecular flexibility index (Phi) is 7.66. The van der Waals surface area contributed by atoms with Crippen molar-refractivity contribution >= 4 is 50.4 Å². The van der Waals surface area contributed by atoms with Crippen molar-refractivity contribution in [2.75, 3.05) is 18.5 Å². The summed E-state index contributed by atoms with van der Waals surface area (Å²) in [6, 6.07) is 10.9. The highest BCUT2D eigenvalue weighted by atomic mass is 79.9. The van der Waals surface area contributed by atoms with Crippen molar-refractivity contribution in [3.05, 3.63) is 80.4 Å². The third-order valence-electron chi connectivity index (χ3n) is 5.61. The third kappa shape index (κ3) is 5.46. The number of hydrogen-bond donors (Lipinski definition) is 1. The molecule has 1 N–H and O–H groups in total. The Balaban J connectivity index is 1.64. The van der Waals surface area contributed by atoms with Crippen LogP contribution in [-0.2, 0) is 14.3 Å². The normalized spacial score (nSPS) is 16.7. The lowest BCUT2D eigenvalue weighted by Gasteiger charge is -2.34. The van der Waals surface area contributed by atoms with Crippen LogP contribution in [-0.4, -0.2) is 35.2 Å². The molecule has 2 aromatic carbocycles. The number of thioether (sulfide) groups is 1. The Labute approximate surface area is 217 Å². The molecule has 182 valence electrons. The lowest BCUT2D eigenvalue weighted by molar-refractivity contribution is -0.139. The zero-order valence-electron chi connectivity index (χ0n) is 19.9. The van der Waals surface area contributed by atoms with Crippen LogP contribution in [0.5, 0.6) is 5.75 Å². The van der Waals surface area contributed by atoms with Crippen molar-refractivity contribution in [2.24, 2.45) is 4.99 Å². The van der Waals surface area contributed by atoms with E-state index in [9.17, 15) is 9.59 Å². The van der Waals surface area contributed by atoms with Gasteiger partial charge in [0.2, 0.25) is 0 Å². The Morgan fingerprint density at radius 1 is 1.17 bits per heavy atom. The van der Waals surface area contributed by atoms with E-state index in [1.165, 1.54) is 11.8 Å². The van der Waals surface area contributed by atoms with Gasteiger partial charge in [-0.05, 0) is 68.5 Å². The van der Waals surface area contributed by atoms with Crippen LogP contribution in [0.25, 0.3) is 0 Å². The molecule has 0 saturated carbocycles. The van der Waals surface area contributed by atoms with E-state index in [2.05, 4.69) is 26.2 Å². The van der Waals surface area contributed by atoms with E-state index >= 15 is 0 Å². The van der Waals surface area contributed by atoms with Crippen LogP contribution in [0.2, 0.25) is 0 Å². The molecular weight excluding hydrogens is 530 g/mol. The van der Waals surface area contributed by atoms with Gasteiger partial charge in [0.15, 0.2) is 11.8 Å². The van der Waals surface area contributed by atoms with Crippen LogP contribution in [0.4, 0.5) is 5.69 Å². The molecule has 7 nitrogen and oxygen atoms in total. The molecule has 0 aliphatic carbocycles. The number of esters is 1. The van der Waals surface area contributed by atoms with Crippen LogP contribution in [0.3, 0.4) is 0 Å². The number of nitrogens with one attached hydrogen (secondary N) is 1. The summed E-state index contributed by atoms with van der Waals surface area (Å²) >= 11 is 5.02. The van der Waals surface area contributed by atoms with E-state index in [1.54, 1.807) is 19.9 Å². The molecule has 0 unspecified atom stereocenters. The van der Waals surface area contributed by atoms with Crippen LogP contribution in [0.1, 0.15) is 36.6 Å². The van der Waals surface area contributed by atoms with E-state index in [1.807, 2.05) is 60.7 Å². The maximum Gasteiger partial charge on any atom is 0.338 e. The molecule has 35 heavy (non-hydrogen) atoms. The van der Waals surface area contributed by atoms with Gasteiger partial charge in [0.05, 0.1) is 23.9 Å². The summed E-state index contributed by atoms with van der Waals surface area (Å²) in [5.41, 5.74) is 4.54. The van der Waals surface area contributed by atoms with Gasteiger partial charge in [-0.2, -0.15) is 0 Å². The van der Waals surface area contributed by atoms with Gasteiger partial charge in [0, 0.05) is 21.9 Å². The van der Waals surface area contributed by atoms with Crippen molar-refractivity contribution in [1.82, 2.24) is 4.90 Å². The molecule has 0 aromatic heterocycles. The smallest absolute Gasteiger partial charge is 0.338 e. The summed E-state index contributed by atoms with van der Waals surface area (Å²) in [6.07, 6.45) is 1.89. The fourth-order valence-electron chi connectivity index (χ4n) is 3.94. The quantitative estimate of drug-likeness (QED) is 0.431. The fourth-order valence-corrected chi connectivity index (χ4v) is 5.11. The second kappa shape index (κ2) is 10.7. The number of halogens is 1. The first kappa shape index (κ1) is 25.1. The number of anilines is 1. The molecule has 2 heterocycles. The zero-order valence-corrected chi connectivity index (χ0v) is 22.3. The lowest BCUT2D eigenvalue weighted by Crippen LogP contribution is -2.34. The molecule has 2 aromatic rings. The summed E-state index contributed by atoms with van der Waals surface area (Å²) in [5.74, 6) is -0.204. The number of carbonyl (C=O) groups is 2. The van der Waals surface area contributed by atoms with E-state index in [4.69, 9.17) is 9.47 Å². The van der Waals surface area contributed by atoms with Gasteiger partial charge >= 0.3 is 5.97 Å². The van der Waals surface area contributed by atoms with E-state index in [0.29, 0.717) is 17.0 Å². The van der Waals surface area contributed by atoms with E-state index < -0.39 is 12.0 Å². The van der Waals surface area contributed by atoms with Crippen molar-refractivity contribution in [3.63, 3.8) is 0 Å². The molecule has 4 rings (SSSR count). The van der Waals surface area contributed by atoms with Crippen molar-refractivity contribution in [1.29, 1.82) is 0 Å². The maximum absolute atomic E-state index is 13.0. The minimum atomic E-state index is -0.512. The van der Waals surface area contributed by atoms with Crippen molar-refractivity contribution < 1.29 is 19.1 Å². The predicted molar refractivity (Wildman–Crippen MR) is 142 cm³/mol. The van der Waals surface area contributed by atoms with E-state index in [-0.39, 0.29) is 19.1 Å². The molecule has 1 amide bonds. The average molecular weight is 556 g/mol. The fraction of sp³-hybridized carbons (Fsp3) is 0.269. The molecule has 0 radical (unpaired) electrons. The molecule has 1 atom stereocenters. The number of amidine groups is 1. The largest absolute Gasteiger partial charge is 0.483 e. The van der Waals surface area contributed by atoms with Gasteiger partial charge in [0.25, 0.3) is 5.91 Å². The summed E-state index contributed by atoms with van der Waals surface area (Å²) in [5, 5.41) is 5.60. The van der Waals surface area contributed by atoms with Crippen LogP contribution >= 0.6 is 27.7 Å². The number of ether oxygens (including phenoxy) is 2. The highest BCUT2D eigenvalue weighted by Crippen LogP contribution is 2.44. The van der Waals surface area contributed by atoms with Crippen LogP contribution < -0.4 is 10.1 Å². The van der Waals surface area contributed by atoms with Gasteiger partial charge in [-0.15, -0.1) is 0 Å². The molecule has 0 fully saturated rings. The number of aliphatic imine (C=N–C) groups is 1. The number of carbonyl (C=O) groups excluding carboxylic acids is 2. The molecule has 0 bridgehead atoms. The number of aryl methyl sites for hydroxylation is 2. The van der Waals surface area contributed by atoms with Crippen molar-refractivity contribution in [2.45, 2.75) is 33.7 Å². The lowest BCUT2D eigenvalue weighted by atomic mass is 9.94. The first-order valence-electron chi connectivity index (χ1n) is 11.2. The van der Waals surface area contributed by atoms with Crippen LogP contribution in [0, 0.1) is 13.8 Å². The average Bonchev–Trinajstić information content (AvgIpc) is 3.28. The number of rotatable bonds is 7. The molecule has 2 aliphatic heterocycles. The second-order valence-corrected chi connectivity index (χ2v) is 9.95. The number of hydrogen-bond acceptors (Lipinski definition) is 7. The first-order chi connectivity index (χ1) is 16.8. The molecule has 2 aliphatic rings. The van der Waals surface area contributed by atoms with Gasteiger partial charge in [-0.3, -0.25) is 4.79 Å². The number of allylic oxidation sites excluding steroid dienone is 1. The summed E-state index contributed by atoms with van der Waals surface area (Å²) in [4.78, 5) is 32.2. The van der Waals surface area contributed by atoms with Crippen LogP contribution in [0.15, 0.2) is 68.7 Å². The second-order valence-electron chi connectivity index (χ2n) is 8.16. The Hall–Kier alpha value is -3.04. The predicted octanol–water partition coefficient (Wildman–Crippen LogP) is 5.85. The summed E-state index contributed by atoms with van der Waals surface area (Å²) in [6.45, 7) is 7.57. The molecule has 0 spiro atoms. The molecule has 9 heteroatoms. The Morgan fingerprint density at radius 3 is 2.74 bits per heavy atom. The molecular formula is C26H26BrN3O4S. The van der Waals surface area contributed by atoms with Gasteiger partial charge < -0.3 is 19.7 Å². The minimum absolute atomic E-state index is 0.183. The highest BCUT2D eigenvalue weighted by Gasteiger charge is 2.39. The number of benzene rings is 2. The Morgan fingerprint density at radius 2 is 1.97 bits per heavy atom. The van der Waals surface area contributed by atoms with E-state index in [0.717, 1.165) is 32.0 Å². The maximum atomic E-state index is 13.0. The monoisotopic (exact) mass is 555 g/mol. The van der Waals surface area contributed by atoms with Crippen molar-refractivity contribution in [3.8, 4) is 5.75 Å². The Bertz CT molecular complexity index is 1270. The minimum Gasteiger partial charge on any atom is -0.483 e. The van der Waals surface area contributed by atoms with Gasteiger partial charge in [-0.1, -0.05) is 39.8 Å². The summed E-state index contributed by atoms with van der Waals surface area (Å²) in [7, 11) is 0. The topological polar surface area (TPSA) is 80.2 Å². The van der Waals surface area contributed by atoms with Gasteiger partial charge in [0.1, 0.15) is 5.75 Å². The highest BCUT2D eigenvalue weighted by molar-refractivity contribution is 9.10. The number of fused-ring (bicyclic) bond motifs is 1. The van der Waals surface area contributed by atoms with Gasteiger partial charge in [-0.25, -0.2) is 9.79 Å². The molecule has 0 saturated heterocycles. The number of nitrogens with zero attached hydrogens (tertiary/aromatic N) is 2. The standard InChI is InChI=1S/C26H26BrN3O4S/c1-5-33-25(32)23-17(4)28-26-30(10-11-35-26)24(23)19-13-18(27)8-9-21(19)34-14-22(31)29-20-12-15(2)6-7-16(20)3/h6-13,24H,5,14H2,1-4H3,(H,29,31)/t24-/m1/s1. The zero-order chi connectivity index (χ0) is 25.1. The number of amides is 1. The third-order valence-corrected chi connectivity index (χ3v) is 6.87. The SMILES string of the molecule is CCOC(=O)C1=C(C)N=C2SC=CN2[C@@H]1c1cc(Br)ccc1OCC(=O)Nc1cc(C)ccc1C. The summed E-state index contributed by atoms with van der Waals surface area (Å²) < 4.78 is 12.2.